The highest BCUT2D eigenvalue weighted by Crippen LogP contribution is 2.49. The van der Waals surface area contributed by atoms with Gasteiger partial charge in [-0.2, -0.15) is 9.47 Å². The second kappa shape index (κ2) is 5.93. The average molecular weight is 306 g/mol. The molecule has 18 heavy (non-hydrogen) atoms. The first kappa shape index (κ1) is 17.9. The van der Waals surface area contributed by atoms with E-state index in [1.807, 2.05) is 53.1 Å². The van der Waals surface area contributed by atoms with Crippen LogP contribution in [0.3, 0.4) is 0 Å². The highest BCUT2D eigenvalue weighted by atomic mass is 31.1. The number of hydrogen-bond donors (Lipinski definition) is 0. The molecule has 2 atom stereocenters. The van der Waals surface area contributed by atoms with Gasteiger partial charge in [0.2, 0.25) is 0 Å². The molecule has 4 nitrogen and oxygen atoms in total. The summed E-state index contributed by atoms with van der Waals surface area (Å²) in [7, 11) is -6.11. The van der Waals surface area contributed by atoms with Crippen molar-refractivity contribution in [3.05, 3.63) is 0 Å². The van der Waals surface area contributed by atoms with Gasteiger partial charge in [0.1, 0.15) is 0 Å². The summed E-state index contributed by atoms with van der Waals surface area (Å²) in [6.07, 6.45) is 0. The molecule has 0 aromatic carbocycles. The van der Waals surface area contributed by atoms with Crippen LogP contribution in [-0.4, -0.2) is 22.0 Å². The Bertz CT molecular complexity index is 355. The molecule has 0 aliphatic heterocycles. The van der Waals surface area contributed by atoms with E-state index >= 15 is 0 Å². The van der Waals surface area contributed by atoms with Gasteiger partial charge >= 0.3 is 13.4 Å². The van der Waals surface area contributed by atoms with Gasteiger partial charge in [0.25, 0.3) is 8.32 Å². The lowest BCUT2D eigenvalue weighted by molar-refractivity contribution is 0.142. The van der Waals surface area contributed by atoms with E-state index in [9.17, 15) is 9.83 Å². The Hall–Kier alpha value is -0.0562. The molecule has 0 amide bonds. The van der Waals surface area contributed by atoms with Crippen molar-refractivity contribution in [2.75, 3.05) is 0 Å². The minimum Gasteiger partial charge on any atom is -0.361 e. The lowest BCUT2D eigenvalue weighted by Crippen LogP contribution is -2.44. The van der Waals surface area contributed by atoms with E-state index in [1.165, 1.54) is 0 Å². The quantitative estimate of drug-likeness (QED) is 0.542. The largest absolute Gasteiger partial charge is 0.547 e. The van der Waals surface area contributed by atoms with Gasteiger partial charge in [-0.15, -0.1) is 0 Å². The molecule has 0 saturated heterocycles. The molecule has 0 radical (unpaired) electrons. The number of rotatable bonds is 6. The standard InChI is InChI=1S/C11H25NO3PSi2/c1-10(2)11(9-12,14-17(3,4)5)16(13)15-18(6,7)8/h10H,1-8H3/q+1. The molecular formula is C11H25NO3PSi2+. The Kier molecular flexibility index (Phi) is 5.91. The van der Waals surface area contributed by atoms with Crippen molar-refractivity contribution in [1.82, 2.24) is 0 Å². The van der Waals surface area contributed by atoms with Gasteiger partial charge < -0.3 is 4.43 Å². The fourth-order valence-corrected chi connectivity index (χ4v) is 6.71. The zero-order chi connectivity index (χ0) is 14.8. The van der Waals surface area contributed by atoms with E-state index in [-0.39, 0.29) is 5.92 Å². The Morgan fingerprint density at radius 2 is 1.56 bits per heavy atom. The summed E-state index contributed by atoms with van der Waals surface area (Å²) in [5.74, 6) is -0.172. The van der Waals surface area contributed by atoms with Crippen molar-refractivity contribution >= 4 is 24.7 Å². The topological polar surface area (TPSA) is 59.3 Å². The molecular weight excluding hydrogens is 281 g/mol. The molecule has 0 N–H and O–H groups in total. The summed E-state index contributed by atoms with van der Waals surface area (Å²) >= 11 is 0. The van der Waals surface area contributed by atoms with Gasteiger partial charge in [-0.3, -0.25) is 0 Å². The fourth-order valence-electron chi connectivity index (χ4n) is 1.34. The Morgan fingerprint density at radius 1 is 1.11 bits per heavy atom. The minimum absolute atomic E-state index is 0.172. The van der Waals surface area contributed by atoms with Crippen LogP contribution in [0.15, 0.2) is 0 Å². The Balaban J connectivity index is 5.37. The highest BCUT2D eigenvalue weighted by Gasteiger charge is 2.59. The molecule has 0 heterocycles. The van der Waals surface area contributed by atoms with E-state index < -0.39 is 30.0 Å². The third-order valence-corrected chi connectivity index (χ3v) is 7.24. The van der Waals surface area contributed by atoms with Gasteiger partial charge in [-0.25, -0.2) is 0 Å². The predicted octanol–water partition coefficient (Wildman–Crippen LogP) is 4.31. The Labute approximate surface area is 114 Å². The maximum atomic E-state index is 12.5. The summed E-state index contributed by atoms with van der Waals surface area (Å²) in [6.45, 7) is 15.5. The third-order valence-electron chi connectivity index (χ3n) is 2.03. The molecule has 2 unspecified atom stereocenters. The molecule has 0 saturated carbocycles. The van der Waals surface area contributed by atoms with Crippen LogP contribution in [0, 0.1) is 17.2 Å². The SMILES string of the molecule is CC(C)C(C#N)(O[Si](C)(C)C)[P+](=O)O[Si](C)(C)C. The first-order chi connectivity index (χ1) is 7.84. The molecule has 0 rings (SSSR count). The molecule has 0 aromatic heterocycles. The minimum atomic E-state index is -2.16. The number of nitriles is 1. The van der Waals surface area contributed by atoms with Crippen molar-refractivity contribution in [2.24, 2.45) is 5.92 Å². The Morgan fingerprint density at radius 3 is 1.78 bits per heavy atom. The van der Waals surface area contributed by atoms with E-state index in [1.54, 1.807) is 0 Å². The smallest absolute Gasteiger partial charge is 0.361 e. The lowest BCUT2D eigenvalue weighted by atomic mass is 10.1. The van der Waals surface area contributed by atoms with E-state index in [2.05, 4.69) is 6.07 Å². The molecule has 7 heteroatoms. The normalized spacial score (nSPS) is 17.2. The van der Waals surface area contributed by atoms with Crippen LogP contribution in [0.4, 0.5) is 0 Å². The van der Waals surface area contributed by atoms with Crippen molar-refractivity contribution in [2.45, 2.75) is 58.5 Å². The van der Waals surface area contributed by atoms with Gasteiger partial charge in [0, 0.05) is 5.92 Å². The van der Waals surface area contributed by atoms with Crippen LogP contribution in [0.2, 0.25) is 39.3 Å². The second-order valence-corrected chi connectivity index (χ2v) is 17.2. The number of hydrogen-bond acceptors (Lipinski definition) is 4. The van der Waals surface area contributed by atoms with Crippen LogP contribution >= 0.6 is 8.03 Å². The first-order valence-electron chi connectivity index (χ1n) is 6.12. The molecule has 0 bridgehead atoms. The summed E-state index contributed by atoms with van der Waals surface area (Å²) < 4.78 is 24.0. The van der Waals surface area contributed by atoms with Crippen LogP contribution in [-0.2, 0) is 13.2 Å². The van der Waals surface area contributed by atoms with Crippen molar-refractivity contribution in [3.8, 4) is 6.07 Å². The van der Waals surface area contributed by atoms with E-state index in [0.29, 0.717) is 0 Å². The number of nitrogens with zero attached hydrogens (tertiary/aromatic N) is 1. The van der Waals surface area contributed by atoms with Crippen LogP contribution < -0.4 is 0 Å². The van der Waals surface area contributed by atoms with Crippen molar-refractivity contribution in [1.29, 1.82) is 5.26 Å². The molecule has 0 fully saturated rings. The zero-order valence-electron chi connectivity index (χ0n) is 12.7. The van der Waals surface area contributed by atoms with Crippen molar-refractivity contribution in [3.63, 3.8) is 0 Å². The lowest BCUT2D eigenvalue weighted by Gasteiger charge is -2.28. The maximum absolute atomic E-state index is 12.5. The third kappa shape index (κ3) is 5.29. The molecule has 104 valence electrons. The summed E-state index contributed by atoms with van der Waals surface area (Å²) in [5.41, 5.74) is 0. The van der Waals surface area contributed by atoms with Gasteiger partial charge in [-0.1, -0.05) is 13.8 Å². The summed E-state index contributed by atoms with van der Waals surface area (Å²) in [4.78, 5) is 0. The van der Waals surface area contributed by atoms with Crippen LogP contribution in [0.25, 0.3) is 0 Å². The molecule has 0 aliphatic rings. The fraction of sp³-hybridized carbons (Fsp3) is 0.909. The molecule has 0 spiro atoms. The summed E-state index contributed by atoms with van der Waals surface area (Å²) in [5, 5.41) is 8.16. The van der Waals surface area contributed by atoms with E-state index in [0.717, 1.165) is 0 Å². The second-order valence-electron chi connectivity index (χ2n) is 6.64. The van der Waals surface area contributed by atoms with Crippen LogP contribution in [0.1, 0.15) is 13.8 Å². The molecule has 0 aromatic rings. The molecule has 0 aliphatic carbocycles. The highest BCUT2D eigenvalue weighted by molar-refractivity contribution is 7.43. The van der Waals surface area contributed by atoms with Crippen molar-refractivity contribution < 1.29 is 13.2 Å². The summed E-state index contributed by atoms with van der Waals surface area (Å²) in [6, 6.07) is 2.12. The predicted molar refractivity (Wildman–Crippen MR) is 79.7 cm³/mol. The van der Waals surface area contributed by atoms with Gasteiger partial charge in [-0.05, 0) is 43.8 Å². The van der Waals surface area contributed by atoms with Gasteiger partial charge in [0.15, 0.2) is 14.4 Å². The zero-order valence-corrected chi connectivity index (χ0v) is 15.6. The average Bonchev–Trinajstić information content (AvgIpc) is 2.08. The van der Waals surface area contributed by atoms with Gasteiger partial charge in [0.05, 0.1) is 0 Å². The monoisotopic (exact) mass is 306 g/mol. The maximum Gasteiger partial charge on any atom is 0.547 e. The van der Waals surface area contributed by atoms with E-state index in [4.69, 9.17) is 8.64 Å². The first-order valence-corrected chi connectivity index (χ1v) is 14.1. The van der Waals surface area contributed by atoms with Crippen LogP contribution in [0.5, 0.6) is 0 Å².